The van der Waals surface area contributed by atoms with Crippen molar-refractivity contribution in [3.05, 3.63) is 6.26 Å². The third-order valence-corrected chi connectivity index (χ3v) is 1.35. The minimum atomic E-state index is 0.751. The van der Waals surface area contributed by atoms with E-state index in [2.05, 4.69) is 14.9 Å². The minimum absolute atomic E-state index is 0.751. The molecule has 0 saturated heterocycles. The molecule has 0 fully saturated rings. The van der Waals surface area contributed by atoms with Gasteiger partial charge in [0.2, 0.25) is 0 Å². The molecule has 0 bridgehead atoms. The molecular formula is C2H2N2OPb. The number of hydrogen-bond donors (Lipinski definition) is 0. The van der Waals surface area contributed by atoms with Gasteiger partial charge in [-0.2, -0.15) is 0 Å². The molecule has 0 aromatic carbocycles. The zero-order valence-corrected chi connectivity index (χ0v) is 7.45. The van der Waals surface area contributed by atoms with Crippen molar-refractivity contribution in [2.24, 2.45) is 0 Å². The van der Waals surface area contributed by atoms with Crippen LogP contribution in [0.2, 0.25) is 0 Å². The van der Waals surface area contributed by atoms with Crippen molar-refractivity contribution >= 4 is 29.0 Å². The summed E-state index contributed by atoms with van der Waals surface area (Å²) in [6, 6.07) is 0. The monoisotopic (exact) mass is 278 g/mol. The first-order valence-electron chi connectivity index (χ1n) is 1.42. The van der Waals surface area contributed by atoms with Gasteiger partial charge in [-0.1, -0.05) is 0 Å². The predicted octanol–water partition coefficient (Wildman–Crippen LogP) is -1.40. The molecule has 0 saturated carbocycles. The normalized spacial score (nSPS) is 8.83. The van der Waals surface area contributed by atoms with Gasteiger partial charge in [0.05, 0.1) is 0 Å². The van der Waals surface area contributed by atoms with Gasteiger partial charge in [-0.3, -0.25) is 0 Å². The zero-order valence-electron chi connectivity index (χ0n) is 2.96. The third kappa shape index (κ3) is 0.764. The fraction of sp³-hybridized carbons (Fsp3) is 0. The van der Waals surface area contributed by atoms with Crippen LogP contribution < -0.4 is 3.25 Å². The summed E-state index contributed by atoms with van der Waals surface area (Å²) in [5, 5.41) is 6.81. The molecule has 30 valence electrons. The van der Waals surface area contributed by atoms with Crippen LogP contribution in [-0.4, -0.2) is 36.1 Å². The molecule has 1 rings (SSSR count). The summed E-state index contributed by atoms with van der Waals surface area (Å²) >= 11 is 0.751. The Morgan fingerprint density at radius 2 is 2.67 bits per heavy atom. The molecule has 0 atom stereocenters. The van der Waals surface area contributed by atoms with E-state index in [-0.39, 0.29) is 0 Å². The van der Waals surface area contributed by atoms with E-state index in [0.717, 1.165) is 29.0 Å². The summed E-state index contributed by atoms with van der Waals surface area (Å²) in [6.45, 7) is 0. The van der Waals surface area contributed by atoms with Gasteiger partial charge in [-0.25, -0.2) is 0 Å². The second kappa shape index (κ2) is 1.67. The average molecular weight is 277 g/mol. The van der Waals surface area contributed by atoms with E-state index in [1.807, 2.05) is 0 Å². The second-order valence-electron chi connectivity index (χ2n) is 0.830. The quantitative estimate of drug-likeness (QED) is 0.547. The zero-order chi connectivity index (χ0) is 4.41. The molecule has 0 N–H and O–H groups in total. The Morgan fingerprint density at radius 3 is 2.83 bits per heavy atom. The van der Waals surface area contributed by atoms with Crippen LogP contribution in [0.15, 0.2) is 10.8 Å². The summed E-state index contributed by atoms with van der Waals surface area (Å²) in [4.78, 5) is 0. The summed E-state index contributed by atoms with van der Waals surface area (Å²) < 4.78 is 5.38. The summed E-state index contributed by atoms with van der Waals surface area (Å²) in [6.07, 6.45) is 1.56. The van der Waals surface area contributed by atoms with Crippen molar-refractivity contribution in [1.82, 2.24) is 10.4 Å². The number of aromatic nitrogens is 2. The van der Waals surface area contributed by atoms with Gasteiger partial charge >= 0.3 is 50.2 Å². The van der Waals surface area contributed by atoms with Crippen molar-refractivity contribution in [1.29, 1.82) is 0 Å². The molecule has 1 aromatic heterocycles. The third-order valence-electron chi connectivity index (χ3n) is 0.377. The Morgan fingerprint density at radius 1 is 1.83 bits per heavy atom. The van der Waals surface area contributed by atoms with Gasteiger partial charge in [0.25, 0.3) is 0 Å². The Bertz CT molecular complexity index is 115. The van der Waals surface area contributed by atoms with Crippen molar-refractivity contribution in [3.63, 3.8) is 0 Å². The maximum atomic E-state index is 4.39. The average Bonchev–Trinajstić information content (AvgIpc) is 1.86. The fourth-order valence-electron chi connectivity index (χ4n) is 0.172. The van der Waals surface area contributed by atoms with Gasteiger partial charge in [-0.05, 0) is 0 Å². The topological polar surface area (TPSA) is 38.9 Å². The van der Waals surface area contributed by atoms with Gasteiger partial charge in [0, 0.05) is 0 Å². The van der Waals surface area contributed by atoms with Crippen LogP contribution in [0.4, 0.5) is 0 Å². The standard InChI is InChI=1S/C2HN2O.Pb.H/c1-2-5-4-3-1;;/h2H;;. The molecule has 0 amide bonds. The van der Waals surface area contributed by atoms with Gasteiger partial charge in [-0.15, -0.1) is 0 Å². The molecule has 1 heterocycles. The van der Waals surface area contributed by atoms with Crippen LogP contribution in [0.3, 0.4) is 0 Å². The molecule has 0 aliphatic rings. The van der Waals surface area contributed by atoms with E-state index >= 15 is 0 Å². The molecule has 6 heavy (non-hydrogen) atoms. The van der Waals surface area contributed by atoms with Crippen LogP contribution >= 0.6 is 0 Å². The number of hydrogen-bond acceptors (Lipinski definition) is 3. The first kappa shape index (κ1) is 4.23. The van der Waals surface area contributed by atoms with Gasteiger partial charge in [0.15, 0.2) is 0 Å². The van der Waals surface area contributed by atoms with E-state index in [1.54, 1.807) is 6.26 Å². The Kier molecular flexibility index (Phi) is 1.18. The van der Waals surface area contributed by atoms with E-state index in [1.165, 1.54) is 0 Å². The first-order valence-corrected chi connectivity index (χ1v) is 3.66. The van der Waals surface area contributed by atoms with Gasteiger partial charge < -0.3 is 0 Å². The van der Waals surface area contributed by atoms with E-state index in [9.17, 15) is 0 Å². The van der Waals surface area contributed by atoms with Crippen LogP contribution in [0.1, 0.15) is 0 Å². The molecular weight excluding hydrogens is 275 g/mol. The number of rotatable bonds is 0. The van der Waals surface area contributed by atoms with Crippen LogP contribution in [0.5, 0.6) is 0 Å². The molecule has 2 radical (unpaired) electrons. The molecule has 1 aromatic rings. The molecule has 0 unspecified atom stereocenters. The van der Waals surface area contributed by atoms with Crippen LogP contribution in [-0.2, 0) is 0 Å². The second-order valence-corrected chi connectivity index (χ2v) is 3.13. The molecule has 0 aliphatic heterocycles. The van der Waals surface area contributed by atoms with Crippen molar-refractivity contribution < 1.29 is 4.52 Å². The summed E-state index contributed by atoms with van der Waals surface area (Å²) in [7, 11) is 0. The number of nitrogens with zero attached hydrogens (tertiary/aromatic N) is 2. The van der Waals surface area contributed by atoms with Crippen molar-refractivity contribution in [3.8, 4) is 0 Å². The first-order chi connectivity index (χ1) is 2.89. The van der Waals surface area contributed by atoms with Crippen LogP contribution in [0, 0.1) is 0 Å². The Balaban J connectivity index is 3.05. The van der Waals surface area contributed by atoms with Crippen LogP contribution in [0.25, 0.3) is 0 Å². The van der Waals surface area contributed by atoms with Crippen molar-refractivity contribution in [2.75, 3.05) is 0 Å². The maximum absolute atomic E-state index is 4.39. The molecule has 0 aliphatic carbocycles. The predicted molar refractivity (Wildman–Crippen MR) is 21.1 cm³/mol. The van der Waals surface area contributed by atoms with E-state index in [4.69, 9.17) is 0 Å². The Labute approximate surface area is 50.4 Å². The fourth-order valence-corrected chi connectivity index (χ4v) is 0.592. The SMILES string of the molecule is [PbH][c]1conn1. The Hall–Kier alpha value is 0.0621. The summed E-state index contributed by atoms with van der Waals surface area (Å²) in [5.74, 6) is 0. The molecule has 4 heteroatoms. The van der Waals surface area contributed by atoms with Crippen molar-refractivity contribution in [2.45, 2.75) is 0 Å². The molecule has 3 nitrogen and oxygen atoms in total. The summed E-state index contributed by atoms with van der Waals surface area (Å²) in [5.41, 5.74) is 0. The molecule has 0 spiro atoms. The van der Waals surface area contributed by atoms with E-state index < -0.39 is 0 Å². The van der Waals surface area contributed by atoms with E-state index in [0.29, 0.717) is 0 Å². The van der Waals surface area contributed by atoms with Gasteiger partial charge in [0.1, 0.15) is 0 Å².